The minimum atomic E-state index is -4.96. The van der Waals surface area contributed by atoms with Gasteiger partial charge in [0.15, 0.2) is 5.60 Å². The van der Waals surface area contributed by atoms with Crippen molar-refractivity contribution in [2.24, 2.45) is 0 Å². The summed E-state index contributed by atoms with van der Waals surface area (Å²) in [6.45, 7) is 1.98. The summed E-state index contributed by atoms with van der Waals surface area (Å²) in [7, 11) is -3.89. The number of nitrogens with two attached hydrogens (primary N) is 1. The van der Waals surface area contributed by atoms with Crippen LogP contribution in [0.2, 0.25) is 0 Å². The number of benzene rings is 1. The SMILES string of the molecule is C[C@H](O)C#Cc1cc(C(C)(O)C(F)(F)F)cnc1-c1ccc(S(=O)(=O)c2ccc(N)nc2)cc1. The van der Waals surface area contributed by atoms with E-state index in [9.17, 15) is 31.8 Å². The zero-order valence-electron chi connectivity index (χ0n) is 18.0. The molecule has 0 aliphatic carbocycles. The zero-order chi connectivity index (χ0) is 25.3. The lowest BCUT2D eigenvalue weighted by Crippen LogP contribution is -2.39. The average Bonchev–Trinajstić information content (AvgIpc) is 2.77. The molecule has 0 amide bonds. The molecule has 2 heterocycles. The molecule has 0 spiro atoms. The van der Waals surface area contributed by atoms with E-state index in [4.69, 9.17) is 5.73 Å². The normalized spacial score (nSPS) is 14.6. The summed E-state index contributed by atoms with van der Waals surface area (Å²) < 4.78 is 65.5. The van der Waals surface area contributed by atoms with E-state index < -0.39 is 33.3 Å². The molecule has 11 heteroatoms. The van der Waals surface area contributed by atoms with Gasteiger partial charge in [-0.3, -0.25) is 4.98 Å². The summed E-state index contributed by atoms with van der Waals surface area (Å²) >= 11 is 0. The summed E-state index contributed by atoms with van der Waals surface area (Å²) in [6.07, 6.45) is -4.02. The third-order valence-corrected chi connectivity index (χ3v) is 6.68. The Morgan fingerprint density at radius 2 is 1.65 bits per heavy atom. The molecule has 4 N–H and O–H groups in total. The van der Waals surface area contributed by atoms with Crippen molar-refractivity contribution >= 4 is 15.7 Å². The van der Waals surface area contributed by atoms with Gasteiger partial charge in [0, 0.05) is 23.5 Å². The number of sulfone groups is 1. The molecular formula is C23H20F3N3O4S. The highest BCUT2D eigenvalue weighted by Gasteiger charge is 2.51. The molecular weight excluding hydrogens is 471 g/mol. The molecule has 34 heavy (non-hydrogen) atoms. The Hall–Kier alpha value is -3.46. The predicted molar refractivity (Wildman–Crippen MR) is 118 cm³/mol. The predicted octanol–water partition coefficient (Wildman–Crippen LogP) is 3.06. The number of halogens is 3. The van der Waals surface area contributed by atoms with Crippen molar-refractivity contribution in [2.75, 3.05) is 5.73 Å². The number of anilines is 1. The molecule has 0 saturated heterocycles. The number of hydrogen-bond acceptors (Lipinski definition) is 7. The molecule has 2 atom stereocenters. The standard InChI is InChI=1S/C23H20F3N3O4S/c1-14(30)3-4-16-11-17(22(2,31)23(24,25)26)12-29-21(16)15-5-7-18(8-6-15)34(32,33)19-9-10-20(27)28-13-19/h5-14,30-31H,1-2H3,(H2,27,28)/t14-,22?/m0/s1. The smallest absolute Gasteiger partial charge is 0.384 e. The van der Waals surface area contributed by atoms with Crippen LogP contribution >= 0.6 is 0 Å². The Kier molecular flexibility index (Phi) is 6.71. The Morgan fingerprint density at radius 3 is 2.18 bits per heavy atom. The zero-order valence-corrected chi connectivity index (χ0v) is 18.8. The molecule has 178 valence electrons. The lowest BCUT2D eigenvalue weighted by atomic mass is 9.94. The number of aliphatic hydroxyl groups excluding tert-OH is 1. The van der Waals surface area contributed by atoms with Gasteiger partial charge in [-0.05, 0) is 44.2 Å². The number of pyridine rings is 2. The lowest BCUT2D eigenvalue weighted by Gasteiger charge is -2.26. The summed E-state index contributed by atoms with van der Waals surface area (Å²) in [6, 6.07) is 9.20. The molecule has 1 unspecified atom stereocenters. The fraction of sp³-hybridized carbons (Fsp3) is 0.217. The molecule has 3 aromatic rings. The third kappa shape index (κ3) is 5.04. The molecule has 1 aromatic carbocycles. The van der Waals surface area contributed by atoms with Crippen molar-refractivity contribution in [1.29, 1.82) is 0 Å². The second-order valence-corrected chi connectivity index (χ2v) is 9.53. The van der Waals surface area contributed by atoms with Crippen LogP contribution < -0.4 is 5.73 Å². The quantitative estimate of drug-likeness (QED) is 0.479. The number of hydrogen-bond donors (Lipinski definition) is 3. The van der Waals surface area contributed by atoms with Crippen LogP contribution in [-0.4, -0.2) is 40.9 Å². The van der Waals surface area contributed by atoms with Gasteiger partial charge in [0.25, 0.3) is 0 Å². The molecule has 0 aliphatic heterocycles. The van der Waals surface area contributed by atoms with Gasteiger partial charge >= 0.3 is 6.18 Å². The second-order valence-electron chi connectivity index (χ2n) is 7.58. The van der Waals surface area contributed by atoms with E-state index in [1.165, 1.54) is 43.3 Å². The van der Waals surface area contributed by atoms with Crippen LogP contribution in [0.5, 0.6) is 0 Å². The van der Waals surface area contributed by atoms with E-state index in [2.05, 4.69) is 21.8 Å². The molecule has 0 radical (unpaired) electrons. The maximum atomic E-state index is 13.3. The third-order valence-electron chi connectivity index (χ3n) is 4.93. The first kappa shape index (κ1) is 25.2. The van der Waals surface area contributed by atoms with E-state index in [1.54, 1.807) is 0 Å². The van der Waals surface area contributed by atoms with Gasteiger partial charge in [0.1, 0.15) is 11.9 Å². The highest BCUT2D eigenvalue weighted by Crippen LogP contribution is 2.39. The Morgan fingerprint density at radius 1 is 1.03 bits per heavy atom. The maximum Gasteiger partial charge on any atom is 0.421 e. The number of nitrogen functional groups attached to an aromatic ring is 1. The van der Waals surface area contributed by atoms with Gasteiger partial charge in [0.2, 0.25) is 9.84 Å². The summed E-state index contributed by atoms with van der Waals surface area (Å²) in [5.74, 6) is 5.18. The fourth-order valence-corrected chi connectivity index (χ4v) is 4.09. The van der Waals surface area contributed by atoms with Crippen LogP contribution in [0.3, 0.4) is 0 Å². The van der Waals surface area contributed by atoms with Crippen LogP contribution in [-0.2, 0) is 15.4 Å². The molecule has 7 nitrogen and oxygen atoms in total. The van der Waals surface area contributed by atoms with Gasteiger partial charge in [0.05, 0.1) is 21.0 Å². The van der Waals surface area contributed by atoms with E-state index in [1.807, 2.05) is 0 Å². The monoisotopic (exact) mass is 491 g/mol. The van der Waals surface area contributed by atoms with Crippen LogP contribution in [0.1, 0.15) is 25.0 Å². The van der Waals surface area contributed by atoms with E-state index in [-0.39, 0.29) is 26.9 Å². The number of aromatic nitrogens is 2. The van der Waals surface area contributed by atoms with Gasteiger partial charge < -0.3 is 15.9 Å². The summed E-state index contributed by atoms with van der Waals surface area (Å²) in [5, 5.41) is 19.5. The van der Waals surface area contributed by atoms with Crippen LogP contribution in [0, 0.1) is 11.8 Å². The van der Waals surface area contributed by atoms with Crippen LogP contribution in [0.4, 0.5) is 19.0 Å². The van der Waals surface area contributed by atoms with E-state index >= 15 is 0 Å². The van der Waals surface area contributed by atoms with Gasteiger partial charge in [-0.15, -0.1) is 0 Å². The number of alkyl halides is 3. The van der Waals surface area contributed by atoms with Crippen molar-refractivity contribution < 1.29 is 31.8 Å². The summed E-state index contributed by atoms with van der Waals surface area (Å²) in [4.78, 5) is 7.72. The minimum Gasteiger partial charge on any atom is -0.384 e. The topological polar surface area (TPSA) is 126 Å². The fourth-order valence-electron chi connectivity index (χ4n) is 2.88. The molecule has 0 fully saturated rings. The Bertz CT molecular complexity index is 1360. The largest absolute Gasteiger partial charge is 0.421 e. The first-order valence-corrected chi connectivity index (χ1v) is 11.3. The Balaban J connectivity index is 2.07. The Labute approximate surface area is 194 Å². The average molecular weight is 491 g/mol. The van der Waals surface area contributed by atoms with Crippen molar-refractivity contribution in [3.8, 4) is 23.1 Å². The first-order valence-electron chi connectivity index (χ1n) is 9.80. The highest BCUT2D eigenvalue weighted by atomic mass is 32.2. The minimum absolute atomic E-state index is 0.0151. The van der Waals surface area contributed by atoms with Gasteiger partial charge in [-0.1, -0.05) is 24.0 Å². The second kappa shape index (κ2) is 9.06. The number of rotatable bonds is 4. The highest BCUT2D eigenvalue weighted by molar-refractivity contribution is 7.91. The maximum absolute atomic E-state index is 13.3. The van der Waals surface area contributed by atoms with Crippen molar-refractivity contribution in [2.45, 2.75) is 41.5 Å². The molecule has 3 rings (SSSR count). The first-order chi connectivity index (χ1) is 15.7. The number of nitrogens with zero attached hydrogens (tertiary/aromatic N) is 2. The molecule has 0 aliphatic rings. The molecule has 2 aromatic heterocycles. The van der Waals surface area contributed by atoms with Crippen LogP contribution in [0.25, 0.3) is 11.3 Å². The van der Waals surface area contributed by atoms with Crippen molar-refractivity contribution in [3.63, 3.8) is 0 Å². The summed E-state index contributed by atoms with van der Waals surface area (Å²) in [5.41, 5.74) is 2.31. The van der Waals surface area contributed by atoms with Crippen molar-refractivity contribution in [3.05, 3.63) is 66.0 Å². The van der Waals surface area contributed by atoms with Gasteiger partial charge in [-0.2, -0.15) is 13.2 Å². The van der Waals surface area contributed by atoms with E-state index in [0.29, 0.717) is 12.5 Å². The molecule has 0 saturated carbocycles. The number of aliphatic hydroxyl groups is 2. The molecule has 0 bridgehead atoms. The van der Waals surface area contributed by atoms with E-state index in [0.717, 1.165) is 18.5 Å². The van der Waals surface area contributed by atoms with Crippen LogP contribution in [0.15, 0.2) is 64.6 Å². The van der Waals surface area contributed by atoms with Crippen molar-refractivity contribution in [1.82, 2.24) is 9.97 Å². The lowest BCUT2D eigenvalue weighted by molar-refractivity contribution is -0.259. The van der Waals surface area contributed by atoms with Gasteiger partial charge in [-0.25, -0.2) is 13.4 Å².